The number of ether oxygens (including phenoxy) is 2. The van der Waals surface area contributed by atoms with Gasteiger partial charge in [0.2, 0.25) is 0 Å². The van der Waals surface area contributed by atoms with Gasteiger partial charge in [0.05, 0.1) is 12.2 Å². The third-order valence-corrected chi connectivity index (χ3v) is 2.51. The van der Waals surface area contributed by atoms with E-state index in [0.29, 0.717) is 0 Å². The van der Waals surface area contributed by atoms with Crippen molar-refractivity contribution in [2.45, 2.75) is 44.5 Å². The molecule has 1 spiro atoms. The van der Waals surface area contributed by atoms with Gasteiger partial charge in [0.1, 0.15) is 0 Å². The topological polar surface area (TPSA) is 18.5 Å². The quantitative estimate of drug-likeness (QED) is 0.554. The van der Waals surface area contributed by atoms with Gasteiger partial charge in [0, 0.05) is 0 Å². The Morgan fingerprint density at radius 2 is 2.30 bits per heavy atom. The molecule has 2 aliphatic rings. The molecular formula is C8H14O2. The minimum atomic E-state index is 0.0975. The Bertz CT molecular complexity index is 129. The highest BCUT2D eigenvalue weighted by atomic mass is 16.7. The molecule has 58 valence electrons. The lowest BCUT2D eigenvalue weighted by atomic mass is 9.81. The standard InChI is InChI=1S/C8H14O2/c1-2-7-9-6-8(10-7)4-3-5-8/h7H,2-6H2,1H3. The van der Waals surface area contributed by atoms with E-state index in [-0.39, 0.29) is 11.9 Å². The van der Waals surface area contributed by atoms with Gasteiger partial charge in [-0.25, -0.2) is 0 Å². The first-order valence-electron chi connectivity index (χ1n) is 4.14. The largest absolute Gasteiger partial charge is 0.350 e. The monoisotopic (exact) mass is 142 g/mol. The molecule has 0 bridgehead atoms. The zero-order chi connectivity index (χ0) is 7.03. The van der Waals surface area contributed by atoms with Crippen LogP contribution in [0.5, 0.6) is 0 Å². The van der Waals surface area contributed by atoms with Gasteiger partial charge in [-0.1, -0.05) is 6.92 Å². The van der Waals surface area contributed by atoms with Crippen molar-refractivity contribution < 1.29 is 9.47 Å². The molecule has 1 saturated heterocycles. The lowest BCUT2D eigenvalue weighted by molar-refractivity contribution is -0.116. The molecule has 0 N–H and O–H groups in total. The molecule has 10 heavy (non-hydrogen) atoms. The van der Waals surface area contributed by atoms with Crippen LogP contribution in [0.1, 0.15) is 32.6 Å². The van der Waals surface area contributed by atoms with Crippen LogP contribution in [0, 0.1) is 0 Å². The van der Waals surface area contributed by atoms with Crippen molar-refractivity contribution >= 4 is 0 Å². The number of hydrogen-bond donors (Lipinski definition) is 0. The molecule has 2 heteroatoms. The summed E-state index contributed by atoms with van der Waals surface area (Å²) in [7, 11) is 0. The Morgan fingerprint density at radius 3 is 2.60 bits per heavy atom. The van der Waals surface area contributed by atoms with Crippen LogP contribution >= 0.6 is 0 Å². The van der Waals surface area contributed by atoms with E-state index in [1.54, 1.807) is 0 Å². The summed E-state index contributed by atoms with van der Waals surface area (Å²) in [5.41, 5.74) is 0.167. The van der Waals surface area contributed by atoms with E-state index in [4.69, 9.17) is 9.47 Å². The average molecular weight is 142 g/mol. The molecule has 1 atom stereocenters. The Kier molecular flexibility index (Phi) is 1.46. The maximum atomic E-state index is 5.71. The Labute approximate surface area is 61.5 Å². The summed E-state index contributed by atoms with van der Waals surface area (Å²) in [5.74, 6) is 0. The van der Waals surface area contributed by atoms with Crippen LogP contribution in [0.25, 0.3) is 0 Å². The van der Waals surface area contributed by atoms with E-state index < -0.39 is 0 Å². The molecule has 0 aromatic heterocycles. The second-order valence-electron chi connectivity index (χ2n) is 3.30. The Morgan fingerprint density at radius 1 is 1.50 bits per heavy atom. The van der Waals surface area contributed by atoms with E-state index >= 15 is 0 Å². The predicted molar refractivity (Wildman–Crippen MR) is 37.7 cm³/mol. The smallest absolute Gasteiger partial charge is 0.158 e. The number of rotatable bonds is 1. The van der Waals surface area contributed by atoms with Gasteiger partial charge in [0.25, 0.3) is 0 Å². The van der Waals surface area contributed by atoms with Gasteiger partial charge in [-0.15, -0.1) is 0 Å². The molecule has 0 radical (unpaired) electrons. The highest BCUT2D eigenvalue weighted by molar-refractivity contribution is 4.92. The lowest BCUT2D eigenvalue weighted by Gasteiger charge is -2.35. The van der Waals surface area contributed by atoms with E-state index in [9.17, 15) is 0 Å². The van der Waals surface area contributed by atoms with Crippen LogP contribution in [0.15, 0.2) is 0 Å². The minimum absolute atomic E-state index is 0.0975. The summed E-state index contributed by atoms with van der Waals surface area (Å²) >= 11 is 0. The number of hydrogen-bond acceptors (Lipinski definition) is 2. The molecule has 1 saturated carbocycles. The van der Waals surface area contributed by atoms with Crippen LogP contribution in [0.2, 0.25) is 0 Å². The normalized spacial score (nSPS) is 36.3. The summed E-state index contributed by atoms with van der Waals surface area (Å²) < 4.78 is 11.1. The van der Waals surface area contributed by atoms with E-state index in [0.717, 1.165) is 13.0 Å². The summed E-state index contributed by atoms with van der Waals surface area (Å²) in [4.78, 5) is 0. The average Bonchev–Trinajstić information content (AvgIpc) is 2.29. The predicted octanol–water partition coefficient (Wildman–Crippen LogP) is 1.69. The summed E-state index contributed by atoms with van der Waals surface area (Å²) in [6, 6.07) is 0. The van der Waals surface area contributed by atoms with Crippen LogP contribution < -0.4 is 0 Å². The Balaban J connectivity index is 1.92. The highest BCUT2D eigenvalue weighted by Gasteiger charge is 2.45. The van der Waals surface area contributed by atoms with E-state index in [1.165, 1.54) is 19.3 Å². The van der Waals surface area contributed by atoms with Crippen molar-refractivity contribution in [3.05, 3.63) is 0 Å². The van der Waals surface area contributed by atoms with Gasteiger partial charge in [-0.2, -0.15) is 0 Å². The molecule has 1 heterocycles. The van der Waals surface area contributed by atoms with Gasteiger partial charge in [0.15, 0.2) is 6.29 Å². The molecule has 2 rings (SSSR count). The molecule has 2 nitrogen and oxygen atoms in total. The first-order chi connectivity index (χ1) is 4.85. The van der Waals surface area contributed by atoms with Crippen molar-refractivity contribution in [1.29, 1.82) is 0 Å². The van der Waals surface area contributed by atoms with Crippen molar-refractivity contribution in [2.24, 2.45) is 0 Å². The van der Waals surface area contributed by atoms with Crippen LogP contribution in [0.3, 0.4) is 0 Å². The molecule has 0 amide bonds. The van der Waals surface area contributed by atoms with Crippen LogP contribution in [-0.4, -0.2) is 18.5 Å². The fraction of sp³-hybridized carbons (Fsp3) is 1.00. The fourth-order valence-electron chi connectivity index (χ4n) is 1.63. The van der Waals surface area contributed by atoms with Crippen molar-refractivity contribution in [2.75, 3.05) is 6.61 Å². The molecular weight excluding hydrogens is 128 g/mol. The third kappa shape index (κ3) is 0.867. The maximum absolute atomic E-state index is 5.71. The van der Waals surface area contributed by atoms with Crippen molar-refractivity contribution in [3.8, 4) is 0 Å². The van der Waals surface area contributed by atoms with Gasteiger partial charge < -0.3 is 9.47 Å². The van der Waals surface area contributed by atoms with E-state index in [2.05, 4.69) is 6.92 Å². The molecule has 1 aliphatic heterocycles. The Hall–Kier alpha value is -0.0800. The lowest BCUT2D eigenvalue weighted by Crippen LogP contribution is -2.39. The molecule has 1 unspecified atom stereocenters. The zero-order valence-corrected chi connectivity index (χ0v) is 6.43. The second-order valence-corrected chi connectivity index (χ2v) is 3.30. The summed E-state index contributed by atoms with van der Waals surface area (Å²) in [6.07, 6.45) is 4.83. The summed E-state index contributed by atoms with van der Waals surface area (Å²) in [6.45, 7) is 2.94. The highest BCUT2D eigenvalue weighted by Crippen LogP contribution is 2.41. The van der Waals surface area contributed by atoms with Crippen LogP contribution in [0.4, 0.5) is 0 Å². The maximum Gasteiger partial charge on any atom is 0.158 e. The third-order valence-electron chi connectivity index (χ3n) is 2.51. The van der Waals surface area contributed by atoms with Crippen molar-refractivity contribution in [1.82, 2.24) is 0 Å². The van der Waals surface area contributed by atoms with Gasteiger partial charge >= 0.3 is 0 Å². The minimum Gasteiger partial charge on any atom is -0.350 e. The van der Waals surface area contributed by atoms with Gasteiger partial charge in [-0.05, 0) is 25.7 Å². The molecule has 0 aromatic carbocycles. The fourth-order valence-corrected chi connectivity index (χ4v) is 1.63. The molecule has 1 aliphatic carbocycles. The first kappa shape index (κ1) is 6.62. The SMILES string of the molecule is CCC1OCC2(CCC2)O1. The molecule has 2 fully saturated rings. The zero-order valence-electron chi connectivity index (χ0n) is 6.43. The van der Waals surface area contributed by atoms with E-state index in [1.807, 2.05) is 0 Å². The van der Waals surface area contributed by atoms with Crippen molar-refractivity contribution in [3.63, 3.8) is 0 Å². The summed E-state index contributed by atoms with van der Waals surface area (Å²) in [5, 5.41) is 0. The van der Waals surface area contributed by atoms with Crippen LogP contribution in [-0.2, 0) is 9.47 Å². The van der Waals surface area contributed by atoms with Gasteiger partial charge in [-0.3, -0.25) is 0 Å². The first-order valence-corrected chi connectivity index (χ1v) is 4.14. The second kappa shape index (κ2) is 2.21. The molecule has 0 aromatic rings.